The molecule has 1 aliphatic heterocycles. The normalized spacial score (nSPS) is 23.3. The van der Waals surface area contributed by atoms with E-state index >= 15 is 0 Å². The molecule has 1 amide bonds. The second-order valence-electron chi connectivity index (χ2n) is 5.13. The van der Waals surface area contributed by atoms with Crippen molar-refractivity contribution in [3.63, 3.8) is 0 Å². The molecule has 0 aromatic heterocycles. The van der Waals surface area contributed by atoms with Crippen LogP contribution in [-0.4, -0.2) is 22.0 Å². The maximum absolute atomic E-state index is 12.0. The minimum atomic E-state index is -0.927. The molecule has 1 heterocycles. The second-order valence-corrected chi connectivity index (χ2v) is 5.13. The van der Waals surface area contributed by atoms with Crippen molar-refractivity contribution in [3.8, 4) is 0 Å². The number of benzene rings is 2. The van der Waals surface area contributed by atoms with Gasteiger partial charge in [0.2, 0.25) is 0 Å². The van der Waals surface area contributed by atoms with E-state index in [1.165, 1.54) is 0 Å². The van der Waals surface area contributed by atoms with Gasteiger partial charge in [-0.25, -0.2) is 0 Å². The molecule has 1 aliphatic rings. The number of hydrogen-bond acceptors (Lipinski definition) is 2. The molecule has 1 saturated heterocycles. The molecule has 102 valence electrons. The fourth-order valence-electron chi connectivity index (χ4n) is 2.81. The Balaban J connectivity index is 1.90. The predicted octanol–water partition coefficient (Wildman–Crippen LogP) is 2.69. The third-order valence-corrected chi connectivity index (χ3v) is 3.95. The Kier molecular flexibility index (Phi) is 3.28. The average Bonchev–Trinajstić information content (AvgIpc) is 2.52. The molecule has 0 aliphatic carbocycles. The molecule has 3 nitrogen and oxygen atoms in total. The van der Waals surface area contributed by atoms with Gasteiger partial charge in [-0.3, -0.25) is 4.79 Å². The summed E-state index contributed by atoms with van der Waals surface area (Å²) in [5, 5.41) is 10.0. The van der Waals surface area contributed by atoms with Gasteiger partial charge in [0.05, 0.1) is 12.1 Å². The highest BCUT2D eigenvalue weighted by Crippen LogP contribution is 2.41. The zero-order valence-corrected chi connectivity index (χ0v) is 11.3. The first-order valence-corrected chi connectivity index (χ1v) is 6.80. The number of aliphatic hydroxyl groups is 1. The summed E-state index contributed by atoms with van der Waals surface area (Å²) >= 11 is 0. The molecule has 0 saturated carbocycles. The lowest BCUT2D eigenvalue weighted by atomic mass is 9.87. The summed E-state index contributed by atoms with van der Waals surface area (Å²) in [6, 6.07) is 19.3. The molecule has 3 atom stereocenters. The topological polar surface area (TPSA) is 40.5 Å². The van der Waals surface area contributed by atoms with Gasteiger partial charge >= 0.3 is 0 Å². The summed E-state index contributed by atoms with van der Waals surface area (Å²) in [7, 11) is 0. The van der Waals surface area contributed by atoms with Gasteiger partial charge < -0.3 is 10.0 Å². The van der Waals surface area contributed by atoms with Crippen molar-refractivity contribution >= 4 is 5.91 Å². The molecular weight excluding hydrogens is 250 g/mol. The zero-order valence-electron chi connectivity index (χ0n) is 11.3. The molecule has 1 unspecified atom stereocenters. The van der Waals surface area contributed by atoms with E-state index in [1.54, 1.807) is 4.90 Å². The van der Waals surface area contributed by atoms with Gasteiger partial charge in [0.25, 0.3) is 5.91 Å². The Morgan fingerprint density at radius 2 is 1.55 bits per heavy atom. The maximum atomic E-state index is 12.0. The minimum Gasteiger partial charge on any atom is -0.381 e. The van der Waals surface area contributed by atoms with Gasteiger partial charge in [0, 0.05) is 0 Å². The highest BCUT2D eigenvalue weighted by Gasteiger charge is 2.49. The van der Waals surface area contributed by atoms with Gasteiger partial charge in [0.1, 0.15) is 0 Å². The Labute approximate surface area is 118 Å². The molecule has 0 bridgehead atoms. The Morgan fingerprint density at radius 3 is 2.15 bits per heavy atom. The van der Waals surface area contributed by atoms with Crippen molar-refractivity contribution in [2.45, 2.75) is 25.1 Å². The van der Waals surface area contributed by atoms with Crippen LogP contribution in [0.3, 0.4) is 0 Å². The summed E-state index contributed by atoms with van der Waals surface area (Å²) in [4.78, 5) is 13.8. The van der Waals surface area contributed by atoms with Gasteiger partial charge in [-0.1, -0.05) is 60.7 Å². The van der Waals surface area contributed by atoms with E-state index < -0.39 is 6.10 Å². The molecule has 1 fully saturated rings. The number of likely N-dealkylation sites (tertiary alicyclic amines) is 1. The van der Waals surface area contributed by atoms with Gasteiger partial charge in [-0.2, -0.15) is 0 Å². The Bertz CT molecular complexity index is 597. The summed E-state index contributed by atoms with van der Waals surface area (Å²) in [6.45, 7) is 2.00. The summed E-state index contributed by atoms with van der Waals surface area (Å²) in [5.41, 5.74) is 2.05. The molecule has 0 radical (unpaired) electrons. The van der Waals surface area contributed by atoms with Crippen molar-refractivity contribution in [2.24, 2.45) is 0 Å². The van der Waals surface area contributed by atoms with Crippen LogP contribution in [0, 0.1) is 0 Å². The lowest BCUT2D eigenvalue weighted by Gasteiger charge is -2.48. The van der Waals surface area contributed by atoms with Crippen LogP contribution in [-0.2, 0) is 4.79 Å². The highest BCUT2D eigenvalue weighted by atomic mass is 16.3. The van der Waals surface area contributed by atoms with E-state index in [0.717, 1.165) is 11.1 Å². The van der Waals surface area contributed by atoms with Crippen LogP contribution >= 0.6 is 0 Å². The number of β-lactam (4-membered cyclic amide) rings is 1. The van der Waals surface area contributed by atoms with Crippen LogP contribution in [0.15, 0.2) is 60.7 Å². The second kappa shape index (κ2) is 5.10. The first-order valence-electron chi connectivity index (χ1n) is 6.80. The fraction of sp³-hybridized carbons (Fsp3) is 0.235. The van der Waals surface area contributed by atoms with Crippen LogP contribution in [0.25, 0.3) is 0 Å². The average molecular weight is 267 g/mol. The maximum Gasteiger partial charge on any atom is 0.255 e. The standard InChI is InChI=1S/C17H17NO2/c1-12(13-8-4-2-5-9-13)18-15(16(19)17(18)20)14-10-6-3-7-11-14/h2-12,15-16,19H,1H3/t12?,15-,16+/m0/s1. The van der Waals surface area contributed by atoms with E-state index in [0.29, 0.717) is 0 Å². The fourth-order valence-corrected chi connectivity index (χ4v) is 2.81. The van der Waals surface area contributed by atoms with Crippen LogP contribution in [0.1, 0.15) is 30.1 Å². The van der Waals surface area contributed by atoms with Crippen LogP contribution < -0.4 is 0 Å². The number of carbonyl (C=O) groups is 1. The third-order valence-electron chi connectivity index (χ3n) is 3.95. The third kappa shape index (κ3) is 2.00. The molecule has 3 heteroatoms. The summed E-state index contributed by atoms with van der Waals surface area (Å²) in [6.07, 6.45) is -0.927. The van der Waals surface area contributed by atoms with Crippen LogP contribution in [0.2, 0.25) is 0 Å². The number of carbonyl (C=O) groups excluding carboxylic acids is 1. The molecule has 3 rings (SSSR count). The number of amides is 1. The zero-order chi connectivity index (χ0) is 14.1. The number of nitrogens with zero attached hydrogens (tertiary/aromatic N) is 1. The van der Waals surface area contributed by atoms with Crippen molar-refractivity contribution in [2.75, 3.05) is 0 Å². The minimum absolute atomic E-state index is 0.0442. The van der Waals surface area contributed by atoms with E-state index in [4.69, 9.17) is 0 Å². The monoisotopic (exact) mass is 267 g/mol. The largest absolute Gasteiger partial charge is 0.381 e. The number of hydrogen-bond donors (Lipinski definition) is 1. The quantitative estimate of drug-likeness (QED) is 0.869. The highest BCUT2D eigenvalue weighted by molar-refractivity contribution is 5.89. The van der Waals surface area contributed by atoms with E-state index in [1.807, 2.05) is 67.6 Å². The SMILES string of the molecule is CC(c1ccccc1)N1C(=O)[C@H](O)[C@@H]1c1ccccc1. The Morgan fingerprint density at radius 1 is 1.00 bits per heavy atom. The van der Waals surface area contributed by atoms with E-state index in [2.05, 4.69) is 0 Å². The molecule has 1 N–H and O–H groups in total. The van der Waals surface area contributed by atoms with Gasteiger partial charge in [-0.15, -0.1) is 0 Å². The number of aliphatic hydroxyl groups excluding tert-OH is 1. The lowest BCUT2D eigenvalue weighted by molar-refractivity contribution is -0.172. The van der Waals surface area contributed by atoms with Crippen molar-refractivity contribution in [1.82, 2.24) is 4.90 Å². The summed E-state index contributed by atoms with van der Waals surface area (Å²) < 4.78 is 0. The molecule has 2 aromatic rings. The molecule has 0 spiro atoms. The van der Waals surface area contributed by atoms with Gasteiger partial charge in [0.15, 0.2) is 6.10 Å². The van der Waals surface area contributed by atoms with E-state index in [9.17, 15) is 9.90 Å². The first kappa shape index (κ1) is 12.9. The summed E-state index contributed by atoms with van der Waals surface area (Å²) in [5.74, 6) is -0.199. The molecule has 20 heavy (non-hydrogen) atoms. The van der Waals surface area contributed by atoms with Crippen molar-refractivity contribution in [3.05, 3.63) is 71.8 Å². The van der Waals surface area contributed by atoms with Crippen LogP contribution in [0.4, 0.5) is 0 Å². The molecular formula is C17H17NO2. The van der Waals surface area contributed by atoms with Gasteiger partial charge in [-0.05, 0) is 18.1 Å². The van der Waals surface area contributed by atoms with E-state index in [-0.39, 0.29) is 18.0 Å². The first-order chi connectivity index (χ1) is 9.70. The number of rotatable bonds is 3. The Hall–Kier alpha value is -2.13. The van der Waals surface area contributed by atoms with Crippen molar-refractivity contribution < 1.29 is 9.90 Å². The predicted molar refractivity (Wildman–Crippen MR) is 76.9 cm³/mol. The van der Waals surface area contributed by atoms with Crippen LogP contribution in [0.5, 0.6) is 0 Å². The smallest absolute Gasteiger partial charge is 0.255 e. The molecule has 2 aromatic carbocycles. The lowest BCUT2D eigenvalue weighted by Crippen LogP contribution is -2.59. The van der Waals surface area contributed by atoms with Crippen molar-refractivity contribution in [1.29, 1.82) is 0 Å².